The number of hydrogen-bond acceptors (Lipinski definition) is 6. The second-order valence-electron chi connectivity index (χ2n) is 9.22. The number of aliphatic hydroxyl groups excluding tert-OH is 1. The predicted molar refractivity (Wildman–Crippen MR) is 140 cm³/mol. The highest BCUT2D eigenvalue weighted by atomic mass is 35.5. The van der Waals surface area contributed by atoms with Gasteiger partial charge in [0.25, 0.3) is 5.89 Å². The zero-order chi connectivity index (χ0) is 25.9. The van der Waals surface area contributed by atoms with Crippen molar-refractivity contribution >= 4 is 17.0 Å². The van der Waals surface area contributed by atoms with Gasteiger partial charge < -0.3 is 31.3 Å². The van der Waals surface area contributed by atoms with E-state index in [1.165, 1.54) is 0 Å². The van der Waals surface area contributed by atoms with Crippen LogP contribution in [-0.2, 0) is 13.0 Å². The maximum Gasteiger partial charge on any atom is 0.341 e. The Balaban J connectivity index is 0.00000336. The number of benzene rings is 2. The third kappa shape index (κ3) is 5.36. The summed E-state index contributed by atoms with van der Waals surface area (Å²) in [6, 6.07) is 13.4. The van der Waals surface area contributed by atoms with E-state index in [1.807, 2.05) is 49.4 Å². The summed E-state index contributed by atoms with van der Waals surface area (Å²) >= 11 is 0. The lowest BCUT2D eigenvalue weighted by Crippen LogP contribution is -3.00. The highest BCUT2D eigenvalue weighted by Gasteiger charge is 2.39. The van der Waals surface area contributed by atoms with Crippen molar-refractivity contribution in [3.05, 3.63) is 72.4 Å². The molecule has 0 radical (unpaired) electrons. The van der Waals surface area contributed by atoms with Crippen LogP contribution in [0.2, 0.25) is 0 Å². The molecule has 200 valence electrons. The summed E-state index contributed by atoms with van der Waals surface area (Å²) in [5, 5.41) is 14.5. The van der Waals surface area contributed by atoms with E-state index in [4.69, 9.17) is 25.7 Å². The Morgan fingerprint density at radius 2 is 2.08 bits per heavy atom. The Morgan fingerprint density at radius 1 is 1.26 bits per heavy atom. The Morgan fingerprint density at radius 3 is 2.84 bits per heavy atom. The number of rotatable bonds is 9. The highest BCUT2D eigenvalue weighted by molar-refractivity contribution is 5.76. The molecule has 11 heteroatoms. The van der Waals surface area contributed by atoms with Crippen LogP contribution in [0.15, 0.2) is 59.6 Å². The van der Waals surface area contributed by atoms with Crippen LogP contribution < -0.4 is 28.6 Å². The molecule has 38 heavy (non-hydrogen) atoms. The number of allylic oxidation sites excluding steroid dienone is 1. The number of imidazole rings is 1. The number of aryl methyl sites for hydroxylation is 2. The average Bonchev–Trinajstić information content (AvgIpc) is 3.60. The van der Waals surface area contributed by atoms with Gasteiger partial charge >= 0.3 is 5.96 Å². The first-order chi connectivity index (χ1) is 18.0. The first-order valence-corrected chi connectivity index (χ1v) is 12.4. The van der Waals surface area contributed by atoms with E-state index in [0.29, 0.717) is 25.4 Å². The predicted octanol–water partition coefficient (Wildman–Crippen LogP) is -0.312. The summed E-state index contributed by atoms with van der Waals surface area (Å²) in [7, 11) is 0. The van der Waals surface area contributed by atoms with Crippen LogP contribution in [0.5, 0.6) is 5.75 Å². The van der Waals surface area contributed by atoms with Crippen molar-refractivity contribution in [1.29, 1.82) is 0 Å². The molecule has 0 aliphatic carbocycles. The SMILES string of the molecule is C=CCn1c(CCCOc2ccc(-c3noc([C@@H]4[C@@H](O)CC[N+]4=C(N)N)n3)cc2C)nc2ccccc21.[Cl-]. The number of halogens is 1. The van der Waals surface area contributed by atoms with Crippen molar-refractivity contribution in [2.75, 3.05) is 13.2 Å². The first kappa shape index (κ1) is 27.2. The fraction of sp³-hybridized carbons (Fsp3) is 0.333. The maximum atomic E-state index is 10.4. The average molecular weight is 538 g/mol. The van der Waals surface area contributed by atoms with Gasteiger partial charge in [-0.05, 0) is 49.2 Å². The summed E-state index contributed by atoms with van der Waals surface area (Å²) in [6.07, 6.45) is 3.38. The van der Waals surface area contributed by atoms with Gasteiger partial charge in [-0.15, -0.1) is 6.58 Å². The fourth-order valence-electron chi connectivity index (χ4n) is 4.85. The molecule has 5 N–H and O–H groups in total. The molecule has 2 aromatic carbocycles. The van der Waals surface area contributed by atoms with Crippen LogP contribution in [0.3, 0.4) is 0 Å². The van der Waals surface area contributed by atoms with Gasteiger partial charge in [0.1, 0.15) is 11.6 Å². The molecule has 4 aromatic rings. The van der Waals surface area contributed by atoms with Crippen LogP contribution in [0, 0.1) is 6.92 Å². The molecular weight excluding hydrogens is 506 g/mol. The zero-order valence-electron chi connectivity index (χ0n) is 21.3. The summed E-state index contributed by atoms with van der Waals surface area (Å²) in [6.45, 7) is 7.69. The molecule has 5 rings (SSSR count). The number of hydrogen-bond donors (Lipinski definition) is 3. The lowest BCUT2D eigenvalue weighted by molar-refractivity contribution is -0.560. The van der Waals surface area contributed by atoms with Gasteiger partial charge in [-0.2, -0.15) is 4.98 Å². The van der Waals surface area contributed by atoms with Crippen molar-refractivity contribution < 1.29 is 31.3 Å². The molecule has 1 aliphatic rings. The van der Waals surface area contributed by atoms with Gasteiger partial charge in [-0.1, -0.05) is 23.4 Å². The number of nitrogens with zero attached hydrogens (tertiary/aromatic N) is 5. The van der Waals surface area contributed by atoms with E-state index in [-0.39, 0.29) is 24.3 Å². The van der Waals surface area contributed by atoms with Gasteiger partial charge in [0.15, 0.2) is 6.04 Å². The highest BCUT2D eigenvalue weighted by Crippen LogP contribution is 2.30. The van der Waals surface area contributed by atoms with Crippen molar-refractivity contribution in [3.8, 4) is 17.1 Å². The number of nitrogens with two attached hydrogens (primary N) is 2. The topological polar surface area (TPSA) is 141 Å². The van der Waals surface area contributed by atoms with Crippen molar-refractivity contribution in [2.45, 2.75) is 44.9 Å². The normalized spacial score (nSPS) is 16.9. The van der Waals surface area contributed by atoms with Crippen molar-refractivity contribution in [2.24, 2.45) is 11.5 Å². The maximum absolute atomic E-state index is 10.4. The number of ether oxygens (including phenoxy) is 1. The second kappa shape index (κ2) is 11.7. The molecule has 1 saturated heterocycles. The van der Waals surface area contributed by atoms with Gasteiger partial charge in [0, 0.05) is 24.9 Å². The van der Waals surface area contributed by atoms with Gasteiger partial charge in [0.2, 0.25) is 5.82 Å². The van der Waals surface area contributed by atoms with Gasteiger partial charge in [-0.25, -0.2) is 4.98 Å². The van der Waals surface area contributed by atoms with Crippen LogP contribution >= 0.6 is 0 Å². The Labute approximate surface area is 227 Å². The fourth-order valence-corrected chi connectivity index (χ4v) is 4.85. The summed E-state index contributed by atoms with van der Waals surface area (Å²) < 4.78 is 15.4. The minimum absolute atomic E-state index is 0. The smallest absolute Gasteiger partial charge is 0.341 e. The summed E-state index contributed by atoms with van der Waals surface area (Å²) in [5.74, 6) is 2.67. The van der Waals surface area contributed by atoms with E-state index in [0.717, 1.165) is 53.1 Å². The third-order valence-corrected chi connectivity index (χ3v) is 6.67. The van der Waals surface area contributed by atoms with Gasteiger partial charge in [0.05, 0.1) is 30.3 Å². The third-order valence-electron chi connectivity index (χ3n) is 6.67. The molecule has 1 aliphatic heterocycles. The monoisotopic (exact) mass is 537 g/mol. The molecule has 10 nitrogen and oxygen atoms in total. The Bertz CT molecular complexity index is 1460. The Kier molecular flexibility index (Phi) is 8.33. The van der Waals surface area contributed by atoms with E-state index in [1.54, 1.807) is 4.58 Å². The lowest BCUT2D eigenvalue weighted by Gasteiger charge is -2.11. The molecule has 2 atom stereocenters. The van der Waals surface area contributed by atoms with Crippen molar-refractivity contribution in [3.63, 3.8) is 0 Å². The molecule has 0 bridgehead atoms. The first-order valence-electron chi connectivity index (χ1n) is 12.4. The number of guanidine groups is 1. The van der Waals surface area contributed by atoms with Crippen molar-refractivity contribution in [1.82, 2.24) is 19.7 Å². The number of aromatic nitrogens is 4. The molecule has 3 heterocycles. The molecule has 0 spiro atoms. The molecule has 2 aromatic heterocycles. The Hall–Kier alpha value is -3.89. The van der Waals surface area contributed by atoms with Crippen LogP contribution in [0.4, 0.5) is 0 Å². The molecule has 0 amide bonds. The zero-order valence-corrected chi connectivity index (χ0v) is 22.0. The number of fused-ring (bicyclic) bond motifs is 1. The lowest BCUT2D eigenvalue weighted by atomic mass is 10.1. The molecule has 0 unspecified atom stereocenters. The summed E-state index contributed by atoms with van der Waals surface area (Å²) in [4.78, 5) is 9.30. The van der Waals surface area contributed by atoms with E-state index in [9.17, 15) is 5.11 Å². The molecule has 0 saturated carbocycles. The molecular formula is C27H32ClN7O3. The molecule has 1 fully saturated rings. The minimum atomic E-state index is -0.680. The second-order valence-corrected chi connectivity index (χ2v) is 9.22. The van der Waals surface area contributed by atoms with Crippen LogP contribution in [-0.4, -0.2) is 54.6 Å². The van der Waals surface area contributed by atoms with Crippen LogP contribution in [0.25, 0.3) is 22.4 Å². The number of aliphatic hydroxyl groups is 1. The minimum Gasteiger partial charge on any atom is -1.00 e. The van der Waals surface area contributed by atoms with Gasteiger partial charge in [-0.3, -0.25) is 16.0 Å². The standard InChI is InChI=1S/C27H31N7O3.ClH/c1-3-13-33-20-8-5-4-7-19(20)30-23(33)9-6-15-36-22-11-10-18(16-17(22)2)25-31-26(37-32-25)24-21(35)12-14-34(24)27(28)29;/h3-5,7-8,10-11,16,21,24,35H,1,6,9,12-15H2,2H3,(H3,28,29);1H/t21-,24-;/m0./s1. The summed E-state index contributed by atoms with van der Waals surface area (Å²) in [5.41, 5.74) is 15.4. The van der Waals surface area contributed by atoms with Crippen LogP contribution in [0.1, 0.15) is 36.2 Å². The number of para-hydroxylation sites is 2. The quantitative estimate of drug-likeness (QED) is 0.114. The van der Waals surface area contributed by atoms with E-state index < -0.39 is 12.1 Å². The van der Waals surface area contributed by atoms with E-state index in [2.05, 4.69) is 27.4 Å². The largest absolute Gasteiger partial charge is 1.00 e. The van der Waals surface area contributed by atoms with E-state index >= 15 is 0 Å².